The Morgan fingerprint density at radius 2 is 1.62 bits per heavy atom. The number of carbonyl (C=O) groups excluding carboxylic acids is 1. The third kappa shape index (κ3) is 4.06. The van der Waals surface area contributed by atoms with Crippen molar-refractivity contribution in [2.24, 2.45) is 0 Å². The number of hydrogen-bond donors (Lipinski definition) is 0. The molecule has 2 aromatic carbocycles. The van der Waals surface area contributed by atoms with Gasteiger partial charge < -0.3 is 4.74 Å². The van der Waals surface area contributed by atoms with Crippen LogP contribution in [0.1, 0.15) is 15.9 Å². The van der Waals surface area contributed by atoms with E-state index in [-0.39, 0.29) is 11.8 Å². The van der Waals surface area contributed by atoms with E-state index >= 15 is 0 Å². The molecule has 26 heavy (non-hydrogen) atoms. The van der Waals surface area contributed by atoms with E-state index < -0.39 is 49.5 Å². The summed E-state index contributed by atoms with van der Waals surface area (Å²) in [5.74, 6) is -0.813. The molecule has 0 saturated heterocycles. The van der Waals surface area contributed by atoms with Crippen molar-refractivity contribution >= 4 is 28.2 Å². The fourth-order valence-corrected chi connectivity index (χ4v) is 2.10. The second-order valence-corrected chi connectivity index (χ2v) is 5.09. The zero-order valence-electron chi connectivity index (χ0n) is 12.3. The number of rotatable bonds is 5. The van der Waals surface area contributed by atoms with Crippen molar-refractivity contribution in [3.8, 4) is 11.5 Å². The molecule has 0 heterocycles. The largest absolute Gasteiger partial charge is 0.450 e. The first-order valence-corrected chi connectivity index (χ1v) is 6.90. The molecule has 0 N–H and O–H groups in total. The van der Waals surface area contributed by atoms with Crippen LogP contribution in [0.2, 0.25) is 0 Å². The Bertz CT molecular complexity index is 916. The highest BCUT2D eigenvalue weighted by Crippen LogP contribution is 2.38. The van der Waals surface area contributed by atoms with Gasteiger partial charge in [-0.15, -0.1) is 0 Å². The number of halogens is 4. The van der Waals surface area contributed by atoms with Crippen molar-refractivity contribution in [2.45, 2.75) is 6.18 Å². The minimum absolute atomic E-state index is 0.262. The van der Waals surface area contributed by atoms with Crippen LogP contribution in [0.25, 0.3) is 0 Å². The first-order valence-electron chi connectivity index (χ1n) is 6.52. The summed E-state index contributed by atoms with van der Waals surface area (Å²) < 4.78 is 43.1. The van der Waals surface area contributed by atoms with Crippen LogP contribution >= 0.6 is 11.6 Å². The summed E-state index contributed by atoms with van der Waals surface area (Å²) in [7, 11) is 0. The van der Waals surface area contributed by atoms with Crippen molar-refractivity contribution < 1.29 is 32.5 Å². The van der Waals surface area contributed by atoms with Crippen molar-refractivity contribution in [1.82, 2.24) is 0 Å². The number of nitrogens with zero attached hydrogens (tertiary/aromatic N) is 2. The highest BCUT2D eigenvalue weighted by atomic mass is 35.5. The Morgan fingerprint density at radius 3 is 2.12 bits per heavy atom. The Labute approximate surface area is 147 Å². The molecular formula is C14H6ClF3N2O6. The second-order valence-electron chi connectivity index (χ2n) is 4.75. The van der Waals surface area contributed by atoms with Crippen LogP contribution < -0.4 is 4.74 Å². The van der Waals surface area contributed by atoms with E-state index in [9.17, 15) is 38.2 Å². The standard InChI is InChI=1S/C14H6ClF3N2O6/c15-13(21)9-6-8(2-3-10(9)19(22)23)26-12-4-1-7(14(16,17)18)5-11(12)20(24)25/h1-6H. The second kappa shape index (κ2) is 6.96. The molecule has 0 aliphatic heterocycles. The van der Waals surface area contributed by atoms with Crippen molar-refractivity contribution in [1.29, 1.82) is 0 Å². The molecule has 0 aromatic heterocycles. The third-order valence-corrected chi connectivity index (χ3v) is 3.29. The molecule has 0 unspecified atom stereocenters. The Balaban J connectivity index is 2.48. The molecule has 0 saturated carbocycles. The predicted molar refractivity (Wildman–Crippen MR) is 81.5 cm³/mol. The summed E-state index contributed by atoms with van der Waals surface area (Å²) in [6, 6.07) is 4.33. The fraction of sp³-hybridized carbons (Fsp3) is 0.0714. The molecule has 2 aromatic rings. The maximum Gasteiger partial charge on any atom is 0.416 e. The van der Waals surface area contributed by atoms with E-state index in [4.69, 9.17) is 16.3 Å². The maximum atomic E-state index is 12.7. The van der Waals surface area contributed by atoms with Crippen LogP contribution in [-0.2, 0) is 6.18 Å². The lowest BCUT2D eigenvalue weighted by atomic mass is 10.1. The molecule has 2 rings (SSSR count). The van der Waals surface area contributed by atoms with Crippen molar-refractivity contribution in [3.05, 3.63) is 67.8 Å². The molecule has 8 nitrogen and oxygen atoms in total. The van der Waals surface area contributed by atoms with Gasteiger partial charge in [0.1, 0.15) is 11.3 Å². The Hall–Kier alpha value is -3.21. The number of nitro benzene ring substituents is 2. The highest BCUT2D eigenvalue weighted by Gasteiger charge is 2.33. The molecule has 0 fully saturated rings. The first kappa shape index (κ1) is 19.1. The molecule has 12 heteroatoms. The molecule has 0 amide bonds. The van der Waals surface area contributed by atoms with Crippen molar-refractivity contribution in [2.75, 3.05) is 0 Å². The van der Waals surface area contributed by atoms with Gasteiger partial charge in [-0.1, -0.05) is 0 Å². The van der Waals surface area contributed by atoms with Gasteiger partial charge in [-0.2, -0.15) is 13.2 Å². The van der Waals surface area contributed by atoms with Gasteiger partial charge in [-0.3, -0.25) is 25.0 Å². The Kier molecular flexibility index (Phi) is 5.12. The Morgan fingerprint density at radius 1 is 1.00 bits per heavy atom. The summed E-state index contributed by atoms with van der Waals surface area (Å²) >= 11 is 5.25. The summed E-state index contributed by atoms with van der Waals surface area (Å²) in [5, 5.41) is 20.7. The average Bonchev–Trinajstić information content (AvgIpc) is 2.53. The lowest BCUT2D eigenvalue weighted by molar-refractivity contribution is -0.385. The minimum atomic E-state index is -4.80. The molecule has 0 aliphatic carbocycles. The van der Waals surface area contributed by atoms with Crippen LogP contribution in [0.3, 0.4) is 0 Å². The minimum Gasteiger partial charge on any atom is -0.450 e. The lowest BCUT2D eigenvalue weighted by Crippen LogP contribution is -2.06. The van der Waals surface area contributed by atoms with Gasteiger partial charge in [-0.05, 0) is 35.9 Å². The monoisotopic (exact) mass is 390 g/mol. The van der Waals surface area contributed by atoms with Gasteiger partial charge >= 0.3 is 11.9 Å². The van der Waals surface area contributed by atoms with Crippen LogP contribution in [0.4, 0.5) is 24.5 Å². The lowest BCUT2D eigenvalue weighted by Gasteiger charge is -2.10. The SMILES string of the molecule is O=C(Cl)c1cc(Oc2ccc(C(F)(F)F)cc2[N+](=O)[O-])ccc1[N+](=O)[O-]. The number of carbonyl (C=O) groups is 1. The average molecular weight is 391 g/mol. The zero-order valence-corrected chi connectivity index (χ0v) is 13.1. The van der Waals surface area contributed by atoms with E-state index in [0.717, 1.165) is 24.3 Å². The number of alkyl halides is 3. The van der Waals surface area contributed by atoms with Gasteiger partial charge in [-0.25, -0.2) is 0 Å². The zero-order chi connectivity index (χ0) is 19.6. The molecule has 136 valence electrons. The molecule has 0 spiro atoms. The maximum absolute atomic E-state index is 12.7. The van der Waals surface area contributed by atoms with E-state index in [1.54, 1.807) is 0 Å². The summed E-state index contributed by atoms with van der Waals surface area (Å²) in [4.78, 5) is 31.2. The van der Waals surface area contributed by atoms with E-state index in [1.165, 1.54) is 0 Å². The van der Waals surface area contributed by atoms with Gasteiger partial charge in [0.2, 0.25) is 5.75 Å². The molecule has 0 atom stereocenters. The van der Waals surface area contributed by atoms with Crippen LogP contribution in [-0.4, -0.2) is 15.1 Å². The fourth-order valence-electron chi connectivity index (χ4n) is 1.94. The van der Waals surface area contributed by atoms with Crippen molar-refractivity contribution in [3.63, 3.8) is 0 Å². The molecular weight excluding hydrogens is 385 g/mol. The van der Waals surface area contributed by atoms with E-state index in [2.05, 4.69) is 0 Å². The van der Waals surface area contributed by atoms with E-state index in [0.29, 0.717) is 6.07 Å². The molecule has 0 radical (unpaired) electrons. The van der Waals surface area contributed by atoms with Gasteiger partial charge in [0.15, 0.2) is 0 Å². The predicted octanol–water partition coefficient (Wildman–Crippen LogP) is 4.69. The van der Waals surface area contributed by atoms with Crippen LogP contribution in [0, 0.1) is 20.2 Å². The topological polar surface area (TPSA) is 113 Å². The molecule has 0 bridgehead atoms. The number of benzene rings is 2. The van der Waals surface area contributed by atoms with Gasteiger partial charge in [0.05, 0.1) is 15.4 Å². The van der Waals surface area contributed by atoms with Gasteiger partial charge in [0, 0.05) is 12.1 Å². The smallest absolute Gasteiger partial charge is 0.416 e. The number of nitro groups is 2. The number of hydrogen-bond acceptors (Lipinski definition) is 6. The molecule has 0 aliphatic rings. The van der Waals surface area contributed by atoms with Crippen LogP contribution in [0.15, 0.2) is 36.4 Å². The summed E-state index contributed by atoms with van der Waals surface area (Å²) in [6.07, 6.45) is -4.80. The number of ether oxygens (including phenoxy) is 1. The van der Waals surface area contributed by atoms with Gasteiger partial charge in [0.25, 0.3) is 10.9 Å². The first-order chi connectivity index (χ1) is 12.0. The third-order valence-electron chi connectivity index (χ3n) is 3.09. The quantitative estimate of drug-likeness (QED) is 0.415. The summed E-state index contributed by atoms with van der Waals surface area (Å²) in [6.45, 7) is 0. The summed E-state index contributed by atoms with van der Waals surface area (Å²) in [5.41, 5.74) is -3.39. The normalized spacial score (nSPS) is 11.1. The highest BCUT2D eigenvalue weighted by molar-refractivity contribution is 6.68. The van der Waals surface area contributed by atoms with Crippen LogP contribution in [0.5, 0.6) is 11.5 Å². The van der Waals surface area contributed by atoms with E-state index in [1.807, 2.05) is 0 Å².